The first-order valence-electron chi connectivity index (χ1n) is 10.9. The molecule has 0 radical (unpaired) electrons. The fourth-order valence-corrected chi connectivity index (χ4v) is 4.23. The minimum atomic E-state index is -0.0145. The lowest BCUT2D eigenvalue weighted by Gasteiger charge is -2.28. The number of rotatable bonds is 7. The Kier molecular flexibility index (Phi) is 6.58. The van der Waals surface area contributed by atoms with Crippen LogP contribution < -0.4 is 10.2 Å². The normalized spacial score (nSPS) is 15.8. The van der Waals surface area contributed by atoms with E-state index in [9.17, 15) is 4.79 Å². The van der Waals surface area contributed by atoms with Gasteiger partial charge in [-0.05, 0) is 38.3 Å². The van der Waals surface area contributed by atoms with Crippen molar-refractivity contribution >= 4 is 11.7 Å². The Morgan fingerprint density at radius 3 is 2.68 bits per heavy atom. The van der Waals surface area contributed by atoms with Gasteiger partial charge < -0.3 is 15.0 Å². The van der Waals surface area contributed by atoms with E-state index in [1.807, 2.05) is 13.8 Å². The van der Waals surface area contributed by atoms with E-state index in [0.29, 0.717) is 18.6 Å². The maximum absolute atomic E-state index is 12.9. The fourth-order valence-electron chi connectivity index (χ4n) is 4.23. The Hall–Kier alpha value is -2.84. The number of amides is 1. The Labute approximate surface area is 182 Å². The number of aromatic nitrogens is 4. The monoisotopic (exact) mass is 423 g/mol. The first-order chi connectivity index (χ1) is 15.0. The van der Waals surface area contributed by atoms with E-state index < -0.39 is 0 Å². The number of aryl methyl sites for hydroxylation is 3. The highest BCUT2D eigenvalue weighted by Gasteiger charge is 2.23. The van der Waals surface area contributed by atoms with Crippen LogP contribution in [-0.4, -0.2) is 58.3 Å². The maximum Gasteiger partial charge on any atom is 0.252 e. The molecule has 3 aromatic rings. The summed E-state index contributed by atoms with van der Waals surface area (Å²) >= 11 is 0. The topological polar surface area (TPSA) is 85.9 Å². The lowest BCUT2D eigenvalue weighted by Crippen LogP contribution is -3.14. The van der Waals surface area contributed by atoms with Crippen molar-refractivity contribution in [2.24, 2.45) is 0 Å². The number of nitrogens with one attached hydrogen (secondary N) is 2. The summed E-state index contributed by atoms with van der Waals surface area (Å²) in [4.78, 5) is 23.1. The van der Waals surface area contributed by atoms with Crippen LogP contribution >= 0.6 is 0 Å². The van der Waals surface area contributed by atoms with Gasteiger partial charge in [0.1, 0.15) is 32.0 Å². The molecule has 1 aliphatic heterocycles. The number of nitrogens with zero attached hydrogens (tertiary/aromatic N) is 4. The molecule has 0 bridgehead atoms. The summed E-state index contributed by atoms with van der Waals surface area (Å²) in [6, 6.07) is 8.44. The average Bonchev–Trinajstić information content (AvgIpc) is 3.23. The second-order valence-corrected chi connectivity index (χ2v) is 8.33. The van der Waals surface area contributed by atoms with Crippen LogP contribution in [0.4, 0.5) is 0 Å². The number of ether oxygens (including phenoxy) is 1. The van der Waals surface area contributed by atoms with Crippen molar-refractivity contribution in [1.82, 2.24) is 24.9 Å². The van der Waals surface area contributed by atoms with Gasteiger partial charge in [0.2, 0.25) is 5.91 Å². The number of fused-ring (bicyclic) bond motifs is 1. The van der Waals surface area contributed by atoms with Gasteiger partial charge in [0.25, 0.3) is 5.78 Å². The molecule has 0 spiro atoms. The molecule has 164 valence electrons. The Bertz CT molecular complexity index is 1040. The van der Waals surface area contributed by atoms with E-state index in [2.05, 4.69) is 51.6 Å². The first-order valence-corrected chi connectivity index (χ1v) is 10.9. The second-order valence-electron chi connectivity index (χ2n) is 8.33. The van der Waals surface area contributed by atoms with Gasteiger partial charge in [-0.25, -0.2) is 9.50 Å². The van der Waals surface area contributed by atoms with Gasteiger partial charge in [0.15, 0.2) is 0 Å². The zero-order valence-corrected chi connectivity index (χ0v) is 18.5. The zero-order chi connectivity index (χ0) is 21.8. The van der Waals surface area contributed by atoms with E-state index in [4.69, 9.17) is 4.74 Å². The molecule has 8 heteroatoms. The third kappa shape index (κ3) is 5.08. The minimum absolute atomic E-state index is 0.0145. The standard InChI is InChI=1S/C23H30N6O2/c1-16-4-6-19(7-5-16)21(14-28-10-12-31-13-11-28)27-22(30)9-8-20-17(2)26-23-24-15-25-29(23)18(20)3/h4-7,15,21H,8-14H2,1-3H3,(H,27,30)/p+1/t21-/m1/s1. The van der Waals surface area contributed by atoms with Crippen molar-refractivity contribution in [2.45, 2.75) is 39.7 Å². The highest BCUT2D eigenvalue weighted by Crippen LogP contribution is 2.16. The largest absolute Gasteiger partial charge is 0.370 e. The molecular formula is C23H31N6O2+. The summed E-state index contributed by atoms with van der Waals surface area (Å²) < 4.78 is 7.23. The SMILES string of the molecule is Cc1ccc([C@@H](C[NH+]2CCOCC2)NC(=O)CCc2c(C)nc3ncnn3c2C)cc1. The van der Waals surface area contributed by atoms with E-state index in [1.165, 1.54) is 16.8 Å². The number of quaternary nitrogens is 1. The van der Waals surface area contributed by atoms with Gasteiger partial charge in [0, 0.05) is 17.8 Å². The van der Waals surface area contributed by atoms with E-state index in [-0.39, 0.29) is 11.9 Å². The molecule has 1 aromatic carbocycles. The summed E-state index contributed by atoms with van der Waals surface area (Å²) in [6.07, 6.45) is 2.53. The number of carbonyl (C=O) groups is 1. The van der Waals surface area contributed by atoms with Gasteiger partial charge in [-0.2, -0.15) is 10.1 Å². The van der Waals surface area contributed by atoms with Gasteiger partial charge in [0.05, 0.1) is 13.2 Å². The van der Waals surface area contributed by atoms with Gasteiger partial charge in [-0.1, -0.05) is 29.8 Å². The van der Waals surface area contributed by atoms with Crippen LogP contribution in [0.2, 0.25) is 0 Å². The number of hydrogen-bond donors (Lipinski definition) is 2. The summed E-state index contributed by atoms with van der Waals surface area (Å²) in [7, 11) is 0. The van der Waals surface area contributed by atoms with Crippen molar-refractivity contribution in [3.63, 3.8) is 0 Å². The van der Waals surface area contributed by atoms with E-state index >= 15 is 0 Å². The maximum atomic E-state index is 12.9. The first kappa shape index (κ1) is 21.4. The molecule has 8 nitrogen and oxygen atoms in total. The van der Waals surface area contributed by atoms with Crippen molar-refractivity contribution in [1.29, 1.82) is 0 Å². The molecule has 2 N–H and O–H groups in total. The van der Waals surface area contributed by atoms with Crippen molar-refractivity contribution in [3.05, 3.63) is 58.7 Å². The van der Waals surface area contributed by atoms with Gasteiger partial charge >= 0.3 is 0 Å². The summed E-state index contributed by atoms with van der Waals surface area (Å²) in [6.45, 7) is 10.4. The molecular weight excluding hydrogens is 392 g/mol. The average molecular weight is 424 g/mol. The Morgan fingerprint density at radius 2 is 1.94 bits per heavy atom. The molecule has 1 saturated heterocycles. The third-order valence-corrected chi connectivity index (χ3v) is 6.10. The summed E-state index contributed by atoms with van der Waals surface area (Å²) in [5.41, 5.74) is 5.31. The lowest BCUT2D eigenvalue weighted by atomic mass is 10.0. The van der Waals surface area contributed by atoms with E-state index in [1.54, 1.807) is 4.52 Å². The van der Waals surface area contributed by atoms with Gasteiger partial charge in [-0.15, -0.1) is 0 Å². The summed E-state index contributed by atoms with van der Waals surface area (Å²) in [5.74, 6) is 0.645. The smallest absolute Gasteiger partial charge is 0.252 e. The molecule has 1 atom stereocenters. The molecule has 31 heavy (non-hydrogen) atoms. The molecule has 1 fully saturated rings. The second kappa shape index (κ2) is 9.53. The molecule has 0 unspecified atom stereocenters. The third-order valence-electron chi connectivity index (χ3n) is 6.10. The van der Waals surface area contributed by atoms with Crippen LogP contribution in [-0.2, 0) is 16.0 Å². The highest BCUT2D eigenvalue weighted by atomic mass is 16.5. The minimum Gasteiger partial charge on any atom is -0.370 e. The predicted octanol–water partition coefficient (Wildman–Crippen LogP) is 0.755. The molecule has 3 heterocycles. The number of benzene rings is 1. The van der Waals surface area contributed by atoms with Crippen LogP contribution in [0.25, 0.3) is 5.78 Å². The quantitative estimate of drug-likeness (QED) is 0.586. The van der Waals surface area contributed by atoms with Crippen LogP contribution in [0.5, 0.6) is 0 Å². The molecule has 1 aliphatic rings. The van der Waals surface area contributed by atoms with Gasteiger partial charge in [-0.3, -0.25) is 4.79 Å². The van der Waals surface area contributed by atoms with Crippen LogP contribution in [0.15, 0.2) is 30.6 Å². The van der Waals surface area contributed by atoms with E-state index in [0.717, 1.165) is 55.4 Å². The molecule has 2 aromatic heterocycles. The van der Waals surface area contributed by atoms with Crippen LogP contribution in [0.3, 0.4) is 0 Å². The van der Waals surface area contributed by atoms with Crippen molar-refractivity contribution < 1.29 is 14.4 Å². The summed E-state index contributed by atoms with van der Waals surface area (Å²) in [5, 5.41) is 7.52. The molecule has 0 aliphatic carbocycles. The van der Waals surface area contributed by atoms with Crippen LogP contribution in [0.1, 0.15) is 40.5 Å². The van der Waals surface area contributed by atoms with Crippen molar-refractivity contribution in [2.75, 3.05) is 32.8 Å². The molecule has 1 amide bonds. The predicted molar refractivity (Wildman–Crippen MR) is 117 cm³/mol. The Balaban J connectivity index is 1.45. The molecule has 0 saturated carbocycles. The zero-order valence-electron chi connectivity index (χ0n) is 18.5. The fraction of sp³-hybridized carbons (Fsp3) is 0.478. The van der Waals surface area contributed by atoms with Crippen LogP contribution in [0, 0.1) is 20.8 Å². The number of carbonyl (C=O) groups excluding carboxylic acids is 1. The Morgan fingerprint density at radius 1 is 1.19 bits per heavy atom. The molecule has 4 rings (SSSR count). The number of morpholine rings is 1. The highest BCUT2D eigenvalue weighted by molar-refractivity contribution is 5.76. The lowest BCUT2D eigenvalue weighted by molar-refractivity contribution is -0.909. The number of hydrogen-bond acceptors (Lipinski definition) is 5. The van der Waals surface area contributed by atoms with Crippen molar-refractivity contribution in [3.8, 4) is 0 Å².